The van der Waals surface area contributed by atoms with Crippen molar-refractivity contribution in [2.45, 2.75) is 56.1 Å². The van der Waals surface area contributed by atoms with Crippen molar-refractivity contribution >= 4 is 54.7 Å². The smallest absolute Gasteiger partial charge is 0.319 e. The van der Waals surface area contributed by atoms with Crippen molar-refractivity contribution in [2.75, 3.05) is 50.0 Å². The molecule has 4 aliphatic heterocycles. The van der Waals surface area contributed by atoms with Crippen LogP contribution in [0.1, 0.15) is 50.5 Å². The lowest BCUT2D eigenvalue weighted by atomic mass is 9.89. The molecule has 1 spiro atoms. The number of halogens is 4. The first kappa shape index (κ1) is 30.7. The maximum Gasteiger partial charge on any atom is 0.319 e. The number of hydrogen-bond acceptors (Lipinski definition) is 9. The van der Waals surface area contributed by atoms with Crippen molar-refractivity contribution in [3.05, 3.63) is 52.3 Å². The standard InChI is InChI=1S/C34H32ClF3N6O2S/c35-23-12-21-28(27(38)26(23)20-4-5-24(37)29-25(20)22(15-39)30(40)47-29)41-32(45-18-33-6-3-10-44(33)16-19(13-33)14-36)42-31(21)43-9-2-1-7-34(17-43)8-11-46-34/h4-5,12,14H,1-3,6-11,13,16-18,40H2/b19-14-. The molecule has 2 aromatic carbocycles. The lowest BCUT2D eigenvalue weighted by Gasteiger charge is -2.44. The number of nitriles is 1. The Hall–Kier alpha value is -3.63. The molecule has 6 heterocycles. The first-order valence-corrected chi connectivity index (χ1v) is 17.1. The van der Waals surface area contributed by atoms with E-state index in [0.717, 1.165) is 62.0 Å². The van der Waals surface area contributed by atoms with Crippen LogP contribution in [-0.2, 0) is 4.74 Å². The highest BCUT2D eigenvalue weighted by Gasteiger charge is 2.47. The fourth-order valence-corrected chi connectivity index (χ4v) is 9.26. The molecule has 2 aromatic heterocycles. The van der Waals surface area contributed by atoms with Crippen molar-refractivity contribution in [1.82, 2.24) is 14.9 Å². The minimum Gasteiger partial charge on any atom is -0.461 e. The van der Waals surface area contributed by atoms with Crippen LogP contribution < -0.4 is 15.4 Å². The van der Waals surface area contributed by atoms with Crippen LogP contribution in [0, 0.1) is 23.0 Å². The zero-order valence-corrected chi connectivity index (χ0v) is 27.1. The Morgan fingerprint density at radius 2 is 2.02 bits per heavy atom. The number of rotatable bonds is 5. The minimum absolute atomic E-state index is 0.00653. The van der Waals surface area contributed by atoms with E-state index in [1.54, 1.807) is 6.07 Å². The van der Waals surface area contributed by atoms with Crippen molar-refractivity contribution in [3.8, 4) is 23.2 Å². The molecule has 2 atom stereocenters. The van der Waals surface area contributed by atoms with Gasteiger partial charge in [0.05, 0.1) is 39.4 Å². The van der Waals surface area contributed by atoms with E-state index in [4.69, 9.17) is 31.8 Å². The molecule has 4 aliphatic rings. The molecule has 47 heavy (non-hydrogen) atoms. The maximum absolute atomic E-state index is 17.0. The van der Waals surface area contributed by atoms with E-state index >= 15 is 4.39 Å². The number of fused-ring (bicyclic) bond motifs is 3. The van der Waals surface area contributed by atoms with Gasteiger partial charge in [0, 0.05) is 42.4 Å². The van der Waals surface area contributed by atoms with Gasteiger partial charge in [-0.15, -0.1) is 11.3 Å². The van der Waals surface area contributed by atoms with Crippen LogP contribution in [0.4, 0.5) is 24.0 Å². The predicted octanol–water partition coefficient (Wildman–Crippen LogP) is 7.52. The molecule has 4 fully saturated rings. The Balaban J connectivity index is 1.29. The summed E-state index contributed by atoms with van der Waals surface area (Å²) in [5, 5.41) is 10.7. The molecule has 0 radical (unpaired) electrons. The van der Waals surface area contributed by atoms with Crippen LogP contribution in [0.15, 0.2) is 30.1 Å². The van der Waals surface area contributed by atoms with Crippen molar-refractivity contribution in [1.29, 1.82) is 5.26 Å². The second-order valence-electron chi connectivity index (χ2n) is 13.2. The third-order valence-corrected chi connectivity index (χ3v) is 11.7. The monoisotopic (exact) mass is 680 g/mol. The van der Waals surface area contributed by atoms with Gasteiger partial charge in [-0.25, -0.2) is 13.2 Å². The lowest BCUT2D eigenvalue weighted by molar-refractivity contribution is -0.143. The molecule has 0 bridgehead atoms. The normalized spacial score (nSPS) is 25.4. The Morgan fingerprint density at radius 1 is 1.17 bits per heavy atom. The summed E-state index contributed by atoms with van der Waals surface area (Å²) in [6.45, 7) is 3.59. The molecule has 244 valence electrons. The van der Waals surface area contributed by atoms with E-state index in [0.29, 0.717) is 50.2 Å². The van der Waals surface area contributed by atoms with E-state index in [-0.39, 0.29) is 66.1 Å². The Bertz CT molecular complexity index is 2010. The van der Waals surface area contributed by atoms with E-state index < -0.39 is 11.6 Å². The van der Waals surface area contributed by atoms with Gasteiger partial charge in [0.2, 0.25) is 0 Å². The average Bonchev–Trinajstić information content (AvgIpc) is 3.64. The summed E-state index contributed by atoms with van der Waals surface area (Å²) in [6, 6.07) is 6.32. The molecule has 13 heteroatoms. The van der Waals surface area contributed by atoms with Crippen LogP contribution in [0.2, 0.25) is 5.02 Å². The topological polar surface area (TPSA) is 101 Å². The SMILES string of the molecule is N#Cc1c(N)sc2c(F)ccc(-c3c(Cl)cc4c(N5CCCCC6(CCO6)C5)nc(OCC56CCCN5C/C(=C\F)C6)nc4c3F)c12. The third kappa shape index (κ3) is 4.93. The first-order valence-electron chi connectivity index (χ1n) is 15.9. The quantitative estimate of drug-likeness (QED) is 0.231. The molecule has 8 rings (SSSR count). The molecular formula is C34H32ClF3N6O2S. The van der Waals surface area contributed by atoms with Crippen molar-refractivity contribution in [3.63, 3.8) is 0 Å². The van der Waals surface area contributed by atoms with Gasteiger partial charge >= 0.3 is 6.01 Å². The van der Waals surface area contributed by atoms with E-state index in [2.05, 4.69) is 14.8 Å². The Labute approximate surface area is 278 Å². The van der Waals surface area contributed by atoms with E-state index in [9.17, 15) is 14.0 Å². The fourth-order valence-electron chi connectivity index (χ4n) is 8.02. The van der Waals surface area contributed by atoms with Crippen LogP contribution in [-0.4, -0.2) is 65.4 Å². The van der Waals surface area contributed by atoms with Gasteiger partial charge in [0.1, 0.15) is 34.8 Å². The number of ether oxygens (including phenoxy) is 2. The van der Waals surface area contributed by atoms with Crippen molar-refractivity contribution < 1.29 is 22.6 Å². The number of nitrogens with zero attached hydrogens (tertiary/aromatic N) is 5. The summed E-state index contributed by atoms with van der Waals surface area (Å²) in [5.41, 5.74) is 6.43. The minimum atomic E-state index is -0.740. The maximum atomic E-state index is 17.0. The molecule has 4 aromatic rings. The molecular weight excluding hydrogens is 649 g/mol. The summed E-state index contributed by atoms with van der Waals surface area (Å²) < 4.78 is 58.1. The highest BCUT2D eigenvalue weighted by atomic mass is 35.5. The number of nitrogens with two attached hydrogens (primary N) is 1. The summed E-state index contributed by atoms with van der Waals surface area (Å²) in [6.07, 6.45) is 6.83. The fraction of sp³-hybridized carbons (Fsp3) is 0.441. The van der Waals surface area contributed by atoms with Crippen LogP contribution >= 0.6 is 22.9 Å². The van der Waals surface area contributed by atoms with Gasteiger partial charge in [-0.05, 0) is 68.3 Å². The molecule has 0 aliphatic carbocycles. The molecule has 2 unspecified atom stereocenters. The third-order valence-electron chi connectivity index (χ3n) is 10.4. The van der Waals surface area contributed by atoms with Crippen LogP contribution in [0.3, 0.4) is 0 Å². The molecule has 0 amide bonds. The highest BCUT2D eigenvalue weighted by molar-refractivity contribution is 7.23. The number of anilines is 2. The van der Waals surface area contributed by atoms with Gasteiger partial charge in [0.15, 0.2) is 5.82 Å². The zero-order valence-electron chi connectivity index (χ0n) is 25.6. The molecule has 4 saturated heterocycles. The molecule has 8 nitrogen and oxygen atoms in total. The highest BCUT2D eigenvalue weighted by Crippen LogP contribution is 2.47. The number of thiophene rings is 1. The zero-order chi connectivity index (χ0) is 32.5. The summed E-state index contributed by atoms with van der Waals surface area (Å²) in [5.74, 6) is -0.811. The van der Waals surface area contributed by atoms with E-state index in [1.807, 2.05) is 6.07 Å². The van der Waals surface area contributed by atoms with Gasteiger partial charge in [0.25, 0.3) is 0 Å². The second-order valence-corrected chi connectivity index (χ2v) is 14.6. The number of nitrogen functional groups attached to an aromatic ring is 1. The number of benzene rings is 2. The second kappa shape index (κ2) is 11.5. The first-order chi connectivity index (χ1) is 22.7. The molecule has 0 saturated carbocycles. The Kier molecular flexibility index (Phi) is 7.52. The molecule has 2 N–H and O–H groups in total. The van der Waals surface area contributed by atoms with E-state index in [1.165, 1.54) is 12.1 Å². The largest absolute Gasteiger partial charge is 0.461 e. The lowest BCUT2D eigenvalue weighted by Crippen LogP contribution is -2.51. The van der Waals surface area contributed by atoms with Gasteiger partial charge < -0.3 is 20.1 Å². The summed E-state index contributed by atoms with van der Waals surface area (Å²) in [4.78, 5) is 13.8. The number of hydrogen-bond donors (Lipinski definition) is 1. The van der Waals surface area contributed by atoms with Crippen LogP contribution in [0.25, 0.3) is 32.1 Å². The summed E-state index contributed by atoms with van der Waals surface area (Å²) in [7, 11) is 0. The van der Waals surface area contributed by atoms with Gasteiger partial charge in [-0.3, -0.25) is 4.90 Å². The summed E-state index contributed by atoms with van der Waals surface area (Å²) >= 11 is 7.82. The van der Waals surface area contributed by atoms with Gasteiger partial charge in [-0.2, -0.15) is 15.2 Å². The van der Waals surface area contributed by atoms with Crippen molar-refractivity contribution in [2.24, 2.45) is 0 Å². The average molecular weight is 681 g/mol. The predicted molar refractivity (Wildman–Crippen MR) is 177 cm³/mol. The van der Waals surface area contributed by atoms with Gasteiger partial charge in [-0.1, -0.05) is 17.7 Å². The van der Waals surface area contributed by atoms with Crippen LogP contribution in [0.5, 0.6) is 6.01 Å². The Morgan fingerprint density at radius 3 is 2.79 bits per heavy atom. The number of aromatic nitrogens is 2.